The van der Waals surface area contributed by atoms with E-state index < -0.39 is 0 Å². The zero-order valence-electron chi connectivity index (χ0n) is 17.9. The second kappa shape index (κ2) is 9.24. The van der Waals surface area contributed by atoms with Gasteiger partial charge in [-0.15, -0.1) is 11.3 Å². The van der Waals surface area contributed by atoms with Crippen LogP contribution in [0.15, 0.2) is 65.1 Å². The number of aromatic nitrogens is 1. The van der Waals surface area contributed by atoms with Gasteiger partial charge in [0, 0.05) is 19.6 Å². The number of carbonyl (C=O) groups excluding carboxylic acids is 1. The lowest BCUT2D eigenvalue weighted by atomic mass is 10.0. The number of aryl methyl sites for hydroxylation is 1. The molecule has 0 radical (unpaired) electrons. The van der Waals surface area contributed by atoms with Gasteiger partial charge in [-0.25, -0.2) is 4.98 Å². The van der Waals surface area contributed by atoms with Crippen molar-refractivity contribution < 1.29 is 13.9 Å². The molecule has 2 aromatic heterocycles. The first-order chi connectivity index (χ1) is 15.7. The van der Waals surface area contributed by atoms with E-state index in [0.29, 0.717) is 11.5 Å². The molecule has 32 heavy (non-hydrogen) atoms. The largest absolute Gasteiger partial charge is 0.448 e. The Balaban J connectivity index is 1.35. The minimum atomic E-state index is -0.226. The van der Waals surface area contributed by atoms with E-state index >= 15 is 0 Å². The average Bonchev–Trinajstić information content (AvgIpc) is 3.47. The van der Waals surface area contributed by atoms with Crippen LogP contribution in [-0.4, -0.2) is 48.6 Å². The SMILES string of the molecule is Cc1ccc([C@H](CN2CCOCC2)NC(=O)c2ccc(-c3nc4ccccc4s3)o2)cc1. The molecular weight excluding hydrogens is 422 g/mol. The predicted octanol–water partition coefficient (Wildman–Crippen LogP) is 4.67. The van der Waals surface area contributed by atoms with Gasteiger partial charge in [-0.05, 0) is 36.8 Å². The van der Waals surface area contributed by atoms with Gasteiger partial charge in [0.2, 0.25) is 0 Å². The first kappa shape index (κ1) is 20.9. The Hall–Kier alpha value is -3.00. The Morgan fingerprint density at radius 2 is 1.88 bits per heavy atom. The molecule has 1 aliphatic rings. The molecular formula is C25H25N3O3S. The number of benzene rings is 2. The summed E-state index contributed by atoms with van der Waals surface area (Å²) in [6, 6.07) is 19.7. The maximum absolute atomic E-state index is 13.1. The van der Waals surface area contributed by atoms with Gasteiger partial charge in [-0.1, -0.05) is 42.0 Å². The quantitative estimate of drug-likeness (QED) is 0.465. The van der Waals surface area contributed by atoms with Crippen LogP contribution in [0.5, 0.6) is 0 Å². The number of hydrogen-bond donors (Lipinski definition) is 1. The number of nitrogens with zero attached hydrogens (tertiary/aromatic N) is 2. The number of para-hydroxylation sites is 1. The summed E-state index contributed by atoms with van der Waals surface area (Å²) >= 11 is 1.56. The van der Waals surface area contributed by atoms with Crippen molar-refractivity contribution >= 4 is 27.5 Å². The van der Waals surface area contributed by atoms with E-state index in [1.54, 1.807) is 17.4 Å². The van der Waals surface area contributed by atoms with Crippen LogP contribution in [0.3, 0.4) is 0 Å². The molecule has 1 fully saturated rings. The molecule has 1 atom stereocenters. The van der Waals surface area contributed by atoms with Gasteiger partial charge < -0.3 is 14.5 Å². The van der Waals surface area contributed by atoms with E-state index in [0.717, 1.165) is 53.6 Å². The van der Waals surface area contributed by atoms with Crippen LogP contribution < -0.4 is 5.32 Å². The number of furan rings is 1. The topological polar surface area (TPSA) is 67.6 Å². The van der Waals surface area contributed by atoms with Crippen LogP contribution in [0.1, 0.15) is 27.7 Å². The summed E-state index contributed by atoms with van der Waals surface area (Å²) in [6.45, 7) is 5.95. The molecule has 5 rings (SSSR count). The van der Waals surface area contributed by atoms with E-state index in [-0.39, 0.29) is 11.9 Å². The first-order valence-corrected chi connectivity index (χ1v) is 11.6. The average molecular weight is 448 g/mol. The summed E-state index contributed by atoms with van der Waals surface area (Å²) in [7, 11) is 0. The first-order valence-electron chi connectivity index (χ1n) is 10.8. The Labute approximate surface area is 190 Å². The van der Waals surface area contributed by atoms with E-state index in [2.05, 4.69) is 46.4 Å². The summed E-state index contributed by atoms with van der Waals surface area (Å²) in [5.74, 6) is 0.672. The van der Waals surface area contributed by atoms with Crippen molar-refractivity contribution in [3.8, 4) is 10.8 Å². The number of hydrogen-bond acceptors (Lipinski definition) is 6. The Bertz CT molecular complexity index is 1180. The molecule has 4 aromatic rings. The molecule has 1 saturated heterocycles. The Morgan fingerprint density at radius 1 is 1.09 bits per heavy atom. The predicted molar refractivity (Wildman–Crippen MR) is 126 cm³/mol. The normalized spacial score (nSPS) is 15.7. The van der Waals surface area contributed by atoms with Crippen LogP contribution in [0, 0.1) is 6.92 Å². The van der Waals surface area contributed by atoms with E-state index in [4.69, 9.17) is 9.15 Å². The van der Waals surface area contributed by atoms with Crippen LogP contribution in [0.2, 0.25) is 0 Å². The fraction of sp³-hybridized carbons (Fsp3) is 0.280. The number of rotatable bonds is 6. The van der Waals surface area contributed by atoms with Crippen molar-refractivity contribution in [3.63, 3.8) is 0 Å². The van der Waals surface area contributed by atoms with Gasteiger partial charge in [0.15, 0.2) is 16.5 Å². The van der Waals surface area contributed by atoms with Crippen molar-refractivity contribution in [1.82, 2.24) is 15.2 Å². The fourth-order valence-corrected chi connectivity index (χ4v) is 4.78. The Kier molecular flexibility index (Phi) is 6.03. The lowest BCUT2D eigenvalue weighted by molar-refractivity contribution is 0.0331. The zero-order chi connectivity index (χ0) is 21.9. The molecule has 2 aromatic carbocycles. The molecule has 0 bridgehead atoms. The highest BCUT2D eigenvalue weighted by molar-refractivity contribution is 7.21. The third kappa shape index (κ3) is 4.60. The van der Waals surface area contributed by atoms with Gasteiger partial charge in [-0.3, -0.25) is 9.69 Å². The molecule has 6 nitrogen and oxygen atoms in total. The standard InChI is InChI=1S/C25H25N3O3S/c1-17-6-8-18(9-7-17)20(16-28-12-14-30-15-13-28)26-24(29)21-10-11-22(31-21)25-27-19-4-2-3-5-23(19)32-25/h2-11,20H,12-16H2,1H3,(H,26,29)/t20-/m0/s1. The molecule has 1 aliphatic heterocycles. The summed E-state index contributed by atoms with van der Waals surface area (Å²) in [5, 5.41) is 3.95. The highest BCUT2D eigenvalue weighted by Gasteiger charge is 2.23. The third-order valence-corrected chi connectivity index (χ3v) is 6.71. The maximum Gasteiger partial charge on any atom is 0.287 e. The molecule has 0 saturated carbocycles. The van der Waals surface area contributed by atoms with E-state index in [1.807, 2.05) is 30.3 Å². The summed E-state index contributed by atoms with van der Waals surface area (Å²) in [4.78, 5) is 20.0. The molecule has 0 aliphatic carbocycles. The van der Waals surface area contributed by atoms with E-state index in [9.17, 15) is 4.79 Å². The smallest absolute Gasteiger partial charge is 0.287 e. The van der Waals surface area contributed by atoms with Crippen LogP contribution in [0.4, 0.5) is 0 Å². The van der Waals surface area contributed by atoms with Crippen LogP contribution >= 0.6 is 11.3 Å². The second-order valence-corrected chi connectivity index (χ2v) is 9.03. The molecule has 3 heterocycles. The van der Waals surface area contributed by atoms with Crippen molar-refractivity contribution in [1.29, 1.82) is 0 Å². The van der Waals surface area contributed by atoms with Crippen molar-refractivity contribution in [2.45, 2.75) is 13.0 Å². The number of fused-ring (bicyclic) bond motifs is 1. The monoisotopic (exact) mass is 447 g/mol. The number of morpholine rings is 1. The second-order valence-electron chi connectivity index (χ2n) is 8.00. The highest BCUT2D eigenvalue weighted by Crippen LogP contribution is 2.31. The molecule has 0 unspecified atom stereocenters. The lowest BCUT2D eigenvalue weighted by Gasteiger charge is -2.31. The van der Waals surface area contributed by atoms with Crippen LogP contribution in [-0.2, 0) is 4.74 Å². The zero-order valence-corrected chi connectivity index (χ0v) is 18.7. The highest BCUT2D eigenvalue weighted by atomic mass is 32.1. The number of amides is 1. The van der Waals surface area contributed by atoms with Gasteiger partial charge in [0.1, 0.15) is 0 Å². The van der Waals surface area contributed by atoms with Crippen molar-refractivity contribution in [3.05, 3.63) is 77.6 Å². The Morgan fingerprint density at radius 3 is 2.66 bits per heavy atom. The van der Waals surface area contributed by atoms with Crippen molar-refractivity contribution in [2.24, 2.45) is 0 Å². The van der Waals surface area contributed by atoms with Gasteiger partial charge >= 0.3 is 0 Å². The molecule has 164 valence electrons. The molecule has 1 N–H and O–H groups in total. The summed E-state index contributed by atoms with van der Waals surface area (Å²) in [6.07, 6.45) is 0. The third-order valence-electron chi connectivity index (χ3n) is 5.66. The van der Waals surface area contributed by atoms with Gasteiger partial charge in [0.05, 0.1) is 29.5 Å². The van der Waals surface area contributed by atoms with Gasteiger partial charge in [-0.2, -0.15) is 0 Å². The lowest BCUT2D eigenvalue weighted by Crippen LogP contribution is -2.43. The van der Waals surface area contributed by atoms with Crippen molar-refractivity contribution in [2.75, 3.05) is 32.8 Å². The number of carbonyl (C=O) groups is 1. The maximum atomic E-state index is 13.1. The molecule has 1 amide bonds. The fourth-order valence-electron chi connectivity index (χ4n) is 3.86. The summed E-state index contributed by atoms with van der Waals surface area (Å²) < 4.78 is 12.5. The minimum Gasteiger partial charge on any atom is -0.448 e. The number of ether oxygens (including phenoxy) is 1. The minimum absolute atomic E-state index is 0.141. The number of thiazole rings is 1. The molecule has 7 heteroatoms. The summed E-state index contributed by atoms with van der Waals surface area (Å²) in [5.41, 5.74) is 3.20. The number of nitrogens with one attached hydrogen (secondary N) is 1. The van der Waals surface area contributed by atoms with Crippen LogP contribution in [0.25, 0.3) is 21.0 Å². The van der Waals surface area contributed by atoms with Gasteiger partial charge in [0.25, 0.3) is 5.91 Å². The molecule has 0 spiro atoms. The van der Waals surface area contributed by atoms with E-state index in [1.165, 1.54) is 5.56 Å².